The SMILES string of the molecule is COc1ccccc1N(C)/N=C/c1cc[n+](CCCCS(=O)(=O)O)cc1. The summed E-state index contributed by atoms with van der Waals surface area (Å²) in [6.45, 7) is 0.689. The monoisotopic (exact) mass is 378 g/mol. The van der Waals surface area contributed by atoms with E-state index in [1.165, 1.54) is 0 Å². The highest BCUT2D eigenvalue weighted by atomic mass is 32.2. The molecule has 0 saturated carbocycles. The third-order valence-electron chi connectivity index (χ3n) is 3.80. The molecule has 0 fully saturated rings. The van der Waals surface area contributed by atoms with Crippen LogP contribution in [-0.2, 0) is 16.7 Å². The Morgan fingerprint density at radius 3 is 2.54 bits per heavy atom. The maximum atomic E-state index is 10.7. The van der Waals surface area contributed by atoms with Gasteiger partial charge in [-0.2, -0.15) is 13.5 Å². The molecule has 140 valence electrons. The Balaban J connectivity index is 1.91. The summed E-state index contributed by atoms with van der Waals surface area (Å²) in [5.41, 5.74) is 1.82. The van der Waals surface area contributed by atoms with Gasteiger partial charge in [0, 0.05) is 31.2 Å². The smallest absolute Gasteiger partial charge is 0.264 e. The number of para-hydroxylation sites is 2. The second-order valence-corrected chi connectivity index (χ2v) is 7.37. The molecule has 1 aromatic carbocycles. The number of hydrogen-bond donors (Lipinski definition) is 1. The standard InChI is InChI=1S/C18H23N3O4S/c1-20(17-7-3-4-8-18(17)25-2)19-15-16-9-12-21(13-10-16)11-5-6-14-26(22,23)24/h3-4,7-10,12-13,15H,5-6,11,14H2,1-2H3/p+1. The van der Waals surface area contributed by atoms with Crippen LogP contribution in [0.15, 0.2) is 53.9 Å². The number of nitrogens with zero attached hydrogens (tertiary/aromatic N) is 3. The van der Waals surface area contributed by atoms with Gasteiger partial charge in [0.15, 0.2) is 12.4 Å². The first kappa shape index (κ1) is 19.9. The molecule has 0 amide bonds. The molecule has 7 nitrogen and oxygen atoms in total. The Morgan fingerprint density at radius 1 is 1.19 bits per heavy atom. The lowest BCUT2D eigenvalue weighted by atomic mass is 10.3. The van der Waals surface area contributed by atoms with Crippen LogP contribution < -0.4 is 14.3 Å². The first-order chi connectivity index (χ1) is 12.4. The zero-order valence-corrected chi connectivity index (χ0v) is 15.8. The van der Waals surface area contributed by atoms with Gasteiger partial charge in [-0.25, -0.2) is 4.57 Å². The van der Waals surface area contributed by atoms with Crippen molar-refractivity contribution in [3.63, 3.8) is 0 Å². The van der Waals surface area contributed by atoms with Gasteiger partial charge in [0.1, 0.15) is 18.0 Å². The van der Waals surface area contributed by atoms with Gasteiger partial charge in [-0.05, 0) is 18.6 Å². The summed E-state index contributed by atoms with van der Waals surface area (Å²) in [5.74, 6) is 0.552. The van der Waals surface area contributed by atoms with Crippen molar-refractivity contribution >= 4 is 22.0 Å². The van der Waals surface area contributed by atoms with Crippen LogP contribution in [0.2, 0.25) is 0 Å². The maximum Gasteiger partial charge on any atom is 0.264 e. The molecule has 2 rings (SSSR count). The van der Waals surface area contributed by atoms with E-state index in [0.29, 0.717) is 19.4 Å². The molecule has 0 aliphatic heterocycles. The second kappa shape index (κ2) is 9.30. The molecular formula is C18H24N3O4S+. The van der Waals surface area contributed by atoms with E-state index in [1.807, 2.05) is 60.4 Å². The molecule has 2 aromatic rings. The van der Waals surface area contributed by atoms with E-state index >= 15 is 0 Å². The van der Waals surface area contributed by atoms with Crippen molar-refractivity contribution in [2.75, 3.05) is 24.9 Å². The number of pyridine rings is 1. The van der Waals surface area contributed by atoms with Crippen molar-refractivity contribution in [2.45, 2.75) is 19.4 Å². The summed E-state index contributed by atoms with van der Waals surface area (Å²) in [6.07, 6.45) is 6.69. The first-order valence-electron chi connectivity index (χ1n) is 8.24. The molecule has 1 heterocycles. The first-order valence-corrected chi connectivity index (χ1v) is 9.85. The van der Waals surface area contributed by atoms with Crippen molar-refractivity contribution in [3.8, 4) is 5.75 Å². The molecule has 0 radical (unpaired) electrons. The number of rotatable bonds is 9. The Morgan fingerprint density at radius 2 is 1.88 bits per heavy atom. The molecule has 1 N–H and O–H groups in total. The van der Waals surface area contributed by atoms with Crippen molar-refractivity contribution in [1.82, 2.24) is 0 Å². The molecule has 0 saturated heterocycles. The normalized spacial score (nSPS) is 11.7. The third-order valence-corrected chi connectivity index (χ3v) is 4.60. The Hall–Kier alpha value is -2.45. The number of hydrazone groups is 1. The molecule has 26 heavy (non-hydrogen) atoms. The zero-order valence-electron chi connectivity index (χ0n) is 14.9. The topological polar surface area (TPSA) is 83.1 Å². The highest BCUT2D eigenvalue weighted by Gasteiger charge is 2.07. The largest absolute Gasteiger partial charge is 0.495 e. The van der Waals surface area contributed by atoms with E-state index in [4.69, 9.17) is 9.29 Å². The minimum Gasteiger partial charge on any atom is -0.495 e. The van der Waals surface area contributed by atoms with Gasteiger partial charge in [0.25, 0.3) is 10.1 Å². The summed E-state index contributed by atoms with van der Waals surface area (Å²) in [6, 6.07) is 11.5. The summed E-state index contributed by atoms with van der Waals surface area (Å²) >= 11 is 0. The van der Waals surface area contributed by atoms with E-state index in [1.54, 1.807) is 18.3 Å². The fourth-order valence-corrected chi connectivity index (χ4v) is 2.96. The van der Waals surface area contributed by atoms with Crippen LogP contribution in [0, 0.1) is 0 Å². The Kier molecular flexibility index (Phi) is 7.11. The predicted octanol–water partition coefficient (Wildman–Crippen LogP) is 2.12. The number of aromatic nitrogens is 1. The van der Waals surface area contributed by atoms with Crippen LogP contribution in [0.25, 0.3) is 0 Å². The minimum atomic E-state index is -3.87. The lowest BCUT2D eigenvalue weighted by Gasteiger charge is -2.15. The fraction of sp³-hybridized carbons (Fsp3) is 0.333. The summed E-state index contributed by atoms with van der Waals surface area (Å²) in [7, 11) is -0.388. The summed E-state index contributed by atoms with van der Waals surface area (Å²) in [5, 5.41) is 6.18. The van der Waals surface area contributed by atoms with Gasteiger partial charge in [-0.1, -0.05) is 12.1 Å². The predicted molar refractivity (Wildman–Crippen MR) is 101 cm³/mol. The lowest BCUT2D eigenvalue weighted by Crippen LogP contribution is -2.32. The maximum absolute atomic E-state index is 10.7. The van der Waals surface area contributed by atoms with Crippen molar-refractivity contribution in [3.05, 3.63) is 54.4 Å². The average molecular weight is 378 g/mol. The molecule has 0 atom stereocenters. The molecular weight excluding hydrogens is 354 g/mol. The minimum absolute atomic E-state index is 0.201. The van der Waals surface area contributed by atoms with Crippen LogP contribution in [0.3, 0.4) is 0 Å². The highest BCUT2D eigenvalue weighted by Crippen LogP contribution is 2.26. The van der Waals surface area contributed by atoms with E-state index in [2.05, 4.69) is 5.10 Å². The lowest BCUT2D eigenvalue weighted by molar-refractivity contribution is -0.697. The number of anilines is 1. The highest BCUT2D eigenvalue weighted by molar-refractivity contribution is 7.85. The van der Waals surface area contributed by atoms with Gasteiger partial charge >= 0.3 is 0 Å². The Labute approximate surface area is 154 Å². The van der Waals surface area contributed by atoms with Gasteiger partial charge < -0.3 is 4.74 Å². The number of benzene rings is 1. The zero-order chi connectivity index (χ0) is 19.0. The van der Waals surface area contributed by atoms with E-state index in [-0.39, 0.29) is 5.75 Å². The third kappa shape index (κ3) is 6.45. The second-order valence-electron chi connectivity index (χ2n) is 5.80. The van der Waals surface area contributed by atoms with E-state index in [9.17, 15) is 8.42 Å². The molecule has 0 aliphatic carbocycles. The summed E-state index contributed by atoms with van der Waals surface area (Å²) in [4.78, 5) is 0. The average Bonchev–Trinajstić information content (AvgIpc) is 2.63. The fourth-order valence-electron chi connectivity index (χ4n) is 2.40. The molecule has 0 unspecified atom stereocenters. The van der Waals surface area contributed by atoms with Gasteiger partial charge in [0.05, 0.1) is 19.1 Å². The number of hydrogen-bond acceptors (Lipinski definition) is 5. The van der Waals surface area contributed by atoms with E-state index in [0.717, 1.165) is 17.0 Å². The van der Waals surface area contributed by atoms with Crippen molar-refractivity contribution in [1.29, 1.82) is 0 Å². The molecule has 0 aliphatic rings. The van der Waals surface area contributed by atoms with Crippen molar-refractivity contribution in [2.24, 2.45) is 5.10 Å². The van der Waals surface area contributed by atoms with Gasteiger partial charge in [0.2, 0.25) is 0 Å². The number of unbranched alkanes of at least 4 members (excludes halogenated alkanes) is 1. The molecule has 8 heteroatoms. The Bertz CT molecular complexity index is 836. The molecule has 0 bridgehead atoms. The van der Waals surface area contributed by atoms with Gasteiger partial charge in [-0.15, -0.1) is 0 Å². The number of ether oxygens (including phenoxy) is 1. The van der Waals surface area contributed by atoms with Crippen LogP contribution >= 0.6 is 0 Å². The number of aryl methyl sites for hydroxylation is 1. The molecule has 0 spiro atoms. The van der Waals surface area contributed by atoms with Gasteiger partial charge in [-0.3, -0.25) is 9.56 Å². The summed E-state index contributed by atoms with van der Waals surface area (Å²) < 4.78 is 37.4. The van der Waals surface area contributed by atoms with E-state index < -0.39 is 10.1 Å². The van der Waals surface area contributed by atoms with Crippen LogP contribution in [0.4, 0.5) is 5.69 Å². The quantitative estimate of drug-likeness (QED) is 0.238. The van der Waals surface area contributed by atoms with Crippen LogP contribution in [-0.4, -0.2) is 39.1 Å². The van der Waals surface area contributed by atoms with Crippen molar-refractivity contribution < 1.29 is 22.3 Å². The number of methoxy groups -OCH3 is 1. The van der Waals surface area contributed by atoms with Crippen LogP contribution in [0.5, 0.6) is 5.75 Å². The molecule has 1 aromatic heterocycles. The van der Waals surface area contributed by atoms with Crippen LogP contribution in [0.1, 0.15) is 18.4 Å².